The van der Waals surface area contributed by atoms with Crippen molar-refractivity contribution in [1.29, 1.82) is 0 Å². The Hall–Kier alpha value is -3.67. The monoisotopic (exact) mass is 386 g/mol. The SMILES string of the molecule is Cn1c2c(c(=O)n(C)c1=O)C(c1ccc(O)cc1)C1=C(C2)c2ccccc2C1=O. The van der Waals surface area contributed by atoms with Gasteiger partial charge < -0.3 is 5.11 Å². The Labute approximate surface area is 166 Å². The number of allylic oxidation sites excluding steroid dienone is 2. The van der Waals surface area contributed by atoms with E-state index >= 15 is 0 Å². The molecule has 6 nitrogen and oxygen atoms in total. The van der Waals surface area contributed by atoms with Crippen LogP contribution in [0.15, 0.2) is 63.7 Å². The summed E-state index contributed by atoms with van der Waals surface area (Å²) in [6.45, 7) is 0. The van der Waals surface area contributed by atoms with Gasteiger partial charge in [-0.25, -0.2) is 4.79 Å². The average molecular weight is 386 g/mol. The number of phenolic OH excluding ortho intramolecular Hbond substituents is 1. The molecule has 2 aromatic carbocycles. The number of carbonyl (C=O) groups is 1. The van der Waals surface area contributed by atoms with Gasteiger partial charge in [-0.05, 0) is 28.8 Å². The fraction of sp³-hybridized carbons (Fsp3) is 0.174. The molecule has 1 heterocycles. The van der Waals surface area contributed by atoms with Crippen LogP contribution in [0.3, 0.4) is 0 Å². The minimum atomic E-state index is -0.597. The zero-order chi connectivity index (χ0) is 20.4. The highest BCUT2D eigenvalue weighted by Gasteiger charge is 2.42. The number of fused-ring (bicyclic) bond motifs is 3. The molecule has 29 heavy (non-hydrogen) atoms. The van der Waals surface area contributed by atoms with Crippen LogP contribution in [0.25, 0.3) is 5.57 Å². The molecule has 2 aliphatic rings. The lowest BCUT2D eigenvalue weighted by Crippen LogP contribution is -2.43. The third-order valence-corrected chi connectivity index (χ3v) is 6.04. The molecule has 0 bridgehead atoms. The Bertz CT molecular complexity index is 1360. The summed E-state index contributed by atoms with van der Waals surface area (Å²) in [6.07, 6.45) is 0.351. The molecule has 2 aliphatic carbocycles. The van der Waals surface area contributed by atoms with Crippen molar-refractivity contribution in [3.05, 3.63) is 103 Å². The van der Waals surface area contributed by atoms with Crippen molar-refractivity contribution < 1.29 is 9.90 Å². The summed E-state index contributed by atoms with van der Waals surface area (Å²) < 4.78 is 2.59. The van der Waals surface area contributed by atoms with E-state index in [1.54, 1.807) is 37.4 Å². The van der Waals surface area contributed by atoms with Gasteiger partial charge in [-0.3, -0.25) is 18.7 Å². The quantitative estimate of drug-likeness (QED) is 0.695. The normalized spacial score (nSPS) is 17.2. The van der Waals surface area contributed by atoms with Gasteiger partial charge in [-0.1, -0.05) is 36.4 Å². The molecule has 1 N–H and O–H groups in total. The Balaban J connectivity index is 1.89. The molecule has 0 fully saturated rings. The van der Waals surface area contributed by atoms with E-state index < -0.39 is 11.5 Å². The van der Waals surface area contributed by atoms with Crippen molar-refractivity contribution in [2.45, 2.75) is 12.3 Å². The summed E-state index contributed by atoms with van der Waals surface area (Å²) in [6, 6.07) is 14.0. The van der Waals surface area contributed by atoms with Crippen LogP contribution in [0.4, 0.5) is 0 Å². The standard InChI is InChI=1S/C23H18N2O4/c1-24-17-11-16-14-5-3-4-6-15(14)21(27)19(16)18(12-7-9-13(26)10-8-12)20(17)22(28)25(2)23(24)29/h3-10,18,26H,11H2,1-2H3. The maximum atomic E-state index is 13.4. The second-order valence-electron chi connectivity index (χ2n) is 7.53. The van der Waals surface area contributed by atoms with E-state index in [2.05, 4.69) is 0 Å². The molecule has 0 aliphatic heterocycles. The van der Waals surface area contributed by atoms with E-state index in [-0.39, 0.29) is 17.2 Å². The molecule has 1 unspecified atom stereocenters. The highest BCUT2D eigenvalue weighted by atomic mass is 16.3. The van der Waals surface area contributed by atoms with Gasteiger partial charge in [0.15, 0.2) is 5.78 Å². The molecule has 0 radical (unpaired) electrons. The number of phenols is 1. The van der Waals surface area contributed by atoms with Crippen LogP contribution in [0, 0.1) is 0 Å². The first kappa shape index (κ1) is 17.4. The molecule has 3 aromatic rings. The summed E-state index contributed by atoms with van der Waals surface area (Å²) in [7, 11) is 3.11. The van der Waals surface area contributed by atoms with Gasteiger partial charge in [-0.15, -0.1) is 0 Å². The zero-order valence-electron chi connectivity index (χ0n) is 16.0. The first-order valence-electron chi connectivity index (χ1n) is 9.35. The molecular formula is C23H18N2O4. The molecule has 0 spiro atoms. The van der Waals surface area contributed by atoms with E-state index in [4.69, 9.17) is 0 Å². The van der Waals surface area contributed by atoms with Crippen LogP contribution >= 0.6 is 0 Å². The Morgan fingerprint density at radius 3 is 2.24 bits per heavy atom. The minimum Gasteiger partial charge on any atom is -0.508 e. The van der Waals surface area contributed by atoms with Gasteiger partial charge in [0.05, 0.1) is 0 Å². The average Bonchev–Trinajstić information content (AvgIpc) is 3.02. The number of nitrogens with zero attached hydrogens (tertiary/aromatic N) is 2. The smallest absolute Gasteiger partial charge is 0.330 e. The summed E-state index contributed by atoms with van der Waals surface area (Å²) in [5, 5.41) is 9.72. The second kappa shape index (κ2) is 5.91. The summed E-state index contributed by atoms with van der Waals surface area (Å²) >= 11 is 0. The zero-order valence-corrected chi connectivity index (χ0v) is 16.0. The van der Waals surface area contributed by atoms with Crippen LogP contribution in [0.1, 0.15) is 38.7 Å². The summed E-state index contributed by atoms with van der Waals surface area (Å²) in [4.78, 5) is 39.1. The van der Waals surface area contributed by atoms with E-state index in [9.17, 15) is 19.5 Å². The van der Waals surface area contributed by atoms with Crippen molar-refractivity contribution in [2.75, 3.05) is 0 Å². The molecule has 5 rings (SSSR count). The van der Waals surface area contributed by atoms with Gasteiger partial charge in [0.2, 0.25) is 0 Å². The third-order valence-electron chi connectivity index (χ3n) is 6.04. The lowest BCUT2D eigenvalue weighted by Gasteiger charge is -2.29. The molecule has 1 atom stereocenters. The number of rotatable bonds is 1. The topological polar surface area (TPSA) is 81.3 Å². The number of carbonyl (C=O) groups excluding carboxylic acids is 1. The molecule has 0 amide bonds. The van der Waals surface area contributed by atoms with Crippen LogP contribution in [-0.2, 0) is 20.5 Å². The van der Waals surface area contributed by atoms with Crippen LogP contribution in [0.2, 0.25) is 0 Å². The molecule has 6 heteroatoms. The maximum absolute atomic E-state index is 13.4. The van der Waals surface area contributed by atoms with Crippen LogP contribution < -0.4 is 11.2 Å². The number of benzene rings is 2. The van der Waals surface area contributed by atoms with E-state index in [0.717, 1.165) is 21.3 Å². The second-order valence-corrected chi connectivity index (χ2v) is 7.53. The predicted molar refractivity (Wildman–Crippen MR) is 108 cm³/mol. The van der Waals surface area contributed by atoms with E-state index in [0.29, 0.717) is 28.8 Å². The summed E-state index contributed by atoms with van der Waals surface area (Å²) in [5.41, 5.74) is 3.94. The van der Waals surface area contributed by atoms with Gasteiger partial charge in [0.1, 0.15) is 5.75 Å². The maximum Gasteiger partial charge on any atom is 0.330 e. The van der Waals surface area contributed by atoms with Crippen molar-refractivity contribution >= 4 is 11.4 Å². The largest absolute Gasteiger partial charge is 0.508 e. The molecular weight excluding hydrogens is 368 g/mol. The first-order valence-corrected chi connectivity index (χ1v) is 9.35. The lowest BCUT2D eigenvalue weighted by molar-refractivity contribution is 0.103. The molecule has 144 valence electrons. The van der Waals surface area contributed by atoms with Gasteiger partial charge in [0.25, 0.3) is 5.56 Å². The fourth-order valence-electron chi connectivity index (χ4n) is 4.60. The minimum absolute atomic E-state index is 0.0877. The molecule has 1 aromatic heterocycles. The highest BCUT2D eigenvalue weighted by Crippen LogP contribution is 2.48. The van der Waals surface area contributed by atoms with E-state index in [1.165, 1.54) is 11.6 Å². The number of aromatic hydroxyl groups is 1. The van der Waals surface area contributed by atoms with E-state index in [1.807, 2.05) is 18.2 Å². The van der Waals surface area contributed by atoms with Gasteiger partial charge in [-0.2, -0.15) is 0 Å². The summed E-state index contributed by atoms with van der Waals surface area (Å²) in [5.74, 6) is -0.580. The Morgan fingerprint density at radius 1 is 0.897 bits per heavy atom. The number of hydrogen-bond donors (Lipinski definition) is 1. The van der Waals surface area contributed by atoms with Crippen molar-refractivity contribution in [1.82, 2.24) is 9.13 Å². The number of hydrogen-bond acceptors (Lipinski definition) is 4. The number of Topliss-reactive ketones (excluding diaryl/α,β-unsaturated/α-hetero) is 1. The fourth-order valence-corrected chi connectivity index (χ4v) is 4.60. The van der Waals surface area contributed by atoms with Gasteiger partial charge in [0, 0.05) is 48.8 Å². The van der Waals surface area contributed by atoms with Gasteiger partial charge >= 0.3 is 5.69 Å². The van der Waals surface area contributed by atoms with Crippen molar-refractivity contribution in [3.8, 4) is 5.75 Å². The predicted octanol–water partition coefficient (Wildman–Crippen LogP) is 2.13. The molecule has 0 saturated heterocycles. The van der Waals surface area contributed by atoms with Crippen molar-refractivity contribution in [3.63, 3.8) is 0 Å². The Kier molecular flexibility index (Phi) is 3.55. The number of aromatic nitrogens is 2. The van der Waals surface area contributed by atoms with Crippen LogP contribution in [-0.4, -0.2) is 20.0 Å². The number of ketones is 1. The molecule has 0 saturated carbocycles. The lowest BCUT2D eigenvalue weighted by atomic mass is 9.76. The van der Waals surface area contributed by atoms with Crippen LogP contribution in [0.5, 0.6) is 5.75 Å². The highest BCUT2D eigenvalue weighted by molar-refractivity contribution is 6.22. The third kappa shape index (κ3) is 2.26. The first-order chi connectivity index (χ1) is 13.9. The van der Waals surface area contributed by atoms with Crippen molar-refractivity contribution in [2.24, 2.45) is 14.1 Å². The Morgan fingerprint density at radius 2 is 1.55 bits per heavy atom.